The molecule has 0 spiro atoms. The monoisotopic (exact) mass is 248 g/mol. The van der Waals surface area contributed by atoms with Gasteiger partial charge in [-0.15, -0.1) is 0 Å². The Bertz CT molecular complexity index is 436. The topological polar surface area (TPSA) is 36.3 Å². The van der Waals surface area contributed by atoms with E-state index in [-0.39, 0.29) is 18.3 Å². The molecule has 1 aliphatic rings. The predicted octanol–water partition coefficient (Wildman–Crippen LogP) is 2.55. The van der Waals surface area contributed by atoms with Gasteiger partial charge < -0.3 is 9.31 Å². The molecule has 4 nitrogen and oxygen atoms in total. The minimum absolute atomic E-state index is 0.282. The van der Waals surface area contributed by atoms with E-state index in [0.29, 0.717) is 0 Å². The van der Waals surface area contributed by atoms with Crippen molar-refractivity contribution in [2.75, 3.05) is 0 Å². The summed E-state index contributed by atoms with van der Waals surface area (Å²) in [6.07, 6.45) is 5.83. The molecule has 18 heavy (non-hydrogen) atoms. The van der Waals surface area contributed by atoms with E-state index in [1.807, 2.05) is 29.1 Å². The molecular weight excluding hydrogens is 227 g/mol. The van der Waals surface area contributed by atoms with E-state index in [1.165, 1.54) is 0 Å². The number of hydrogen-bond donors (Lipinski definition) is 0. The average Bonchev–Trinajstić information content (AvgIpc) is 2.79. The molecule has 1 aromatic heterocycles. The largest absolute Gasteiger partial charge is 0.487 e. The first-order valence-corrected chi connectivity index (χ1v) is 6.40. The molecule has 0 aromatic carbocycles. The Balaban J connectivity index is 2.03. The third-order valence-corrected chi connectivity index (χ3v) is 3.69. The second kappa shape index (κ2) is 4.55. The van der Waals surface area contributed by atoms with Crippen LogP contribution in [0, 0.1) is 0 Å². The molecular formula is C13H21BN2O2. The van der Waals surface area contributed by atoms with Crippen LogP contribution in [0.25, 0.3) is 6.08 Å². The van der Waals surface area contributed by atoms with Crippen LogP contribution >= 0.6 is 0 Å². The van der Waals surface area contributed by atoms with Crippen molar-refractivity contribution in [1.82, 2.24) is 9.78 Å². The van der Waals surface area contributed by atoms with Crippen molar-refractivity contribution in [3.63, 3.8) is 0 Å². The molecule has 0 bridgehead atoms. The minimum atomic E-state index is -0.292. The van der Waals surface area contributed by atoms with Crippen LogP contribution in [-0.2, 0) is 15.9 Å². The van der Waals surface area contributed by atoms with Crippen LogP contribution < -0.4 is 0 Å². The van der Waals surface area contributed by atoms with Crippen molar-refractivity contribution in [2.45, 2.75) is 52.4 Å². The number of aryl methyl sites for hydroxylation is 1. The number of nitrogens with zero attached hydrogens (tertiary/aromatic N) is 2. The standard InChI is InChI=1S/C13H21BN2O2/c1-6-16-10-11(9-15-16)7-8-14-17-12(2,3)13(4,5)18-14/h7-10H,6H2,1-5H3/b8-7+. The van der Waals surface area contributed by atoms with Crippen molar-refractivity contribution >= 4 is 13.2 Å². The van der Waals surface area contributed by atoms with Gasteiger partial charge in [0, 0.05) is 18.3 Å². The molecule has 0 atom stereocenters. The fourth-order valence-electron chi connectivity index (χ4n) is 1.80. The van der Waals surface area contributed by atoms with Crippen molar-refractivity contribution in [1.29, 1.82) is 0 Å². The Hall–Kier alpha value is -1.07. The van der Waals surface area contributed by atoms with E-state index in [0.717, 1.165) is 12.1 Å². The molecule has 0 aliphatic carbocycles. The fraction of sp³-hybridized carbons (Fsp3) is 0.615. The van der Waals surface area contributed by atoms with Crippen molar-refractivity contribution in [3.05, 3.63) is 23.9 Å². The summed E-state index contributed by atoms with van der Waals surface area (Å²) in [5, 5.41) is 4.22. The van der Waals surface area contributed by atoms with Crippen molar-refractivity contribution < 1.29 is 9.31 Å². The lowest BCUT2D eigenvalue weighted by atomic mass is 9.89. The first-order valence-electron chi connectivity index (χ1n) is 6.40. The van der Waals surface area contributed by atoms with Crippen molar-refractivity contribution in [2.24, 2.45) is 0 Å². The third-order valence-electron chi connectivity index (χ3n) is 3.69. The summed E-state index contributed by atoms with van der Waals surface area (Å²) in [7, 11) is -0.292. The molecule has 1 aliphatic heterocycles. The smallest absolute Gasteiger partial charge is 0.400 e. The van der Waals surface area contributed by atoms with Gasteiger partial charge in [-0.05, 0) is 34.6 Å². The molecule has 0 N–H and O–H groups in total. The highest BCUT2D eigenvalue weighted by Gasteiger charge is 2.49. The third kappa shape index (κ3) is 2.52. The van der Waals surface area contributed by atoms with Gasteiger partial charge in [-0.2, -0.15) is 5.10 Å². The normalized spacial score (nSPS) is 21.9. The minimum Gasteiger partial charge on any atom is -0.400 e. The van der Waals surface area contributed by atoms with Crippen LogP contribution in [0.2, 0.25) is 0 Å². The lowest BCUT2D eigenvalue weighted by molar-refractivity contribution is 0.00578. The van der Waals surface area contributed by atoms with Crippen LogP contribution in [0.4, 0.5) is 0 Å². The Morgan fingerprint density at radius 1 is 1.28 bits per heavy atom. The molecule has 1 fully saturated rings. The first-order chi connectivity index (χ1) is 8.34. The molecule has 98 valence electrons. The quantitative estimate of drug-likeness (QED) is 0.771. The number of rotatable bonds is 3. The van der Waals surface area contributed by atoms with Crippen LogP contribution in [0.15, 0.2) is 18.4 Å². The molecule has 1 aromatic rings. The average molecular weight is 248 g/mol. The zero-order valence-electron chi connectivity index (χ0n) is 11.8. The van der Waals surface area contributed by atoms with Gasteiger partial charge in [0.05, 0.1) is 17.4 Å². The molecule has 0 amide bonds. The maximum absolute atomic E-state index is 5.88. The maximum atomic E-state index is 5.88. The molecule has 5 heteroatoms. The highest BCUT2D eigenvalue weighted by molar-refractivity contribution is 6.52. The second-order valence-corrected chi connectivity index (χ2v) is 5.61. The molecule has 0 unspecified atom stereocenters. The Labute approximate surface area is 109 Å². The lowest BCUT2D eigenvalue weighted by Gasteiger charge is -2.32. The molecule has 0 radical (unpaired) electrons. The van der Waals surface area contributed by atoms with Crippen LogP contribution in [0.5, 0.6) is 0 Å². The van der Waals surface area contributed by atoms with Crippen molar-refractivity contribution in [3.8, 4) is 0 Å². The molecule has 0 saturated carbocycles. The van der Waals surface area contributed by atoms with Gasteiger partial charge in [0.25, 0.3) is 0 Å². The van der Waals surface area contributed by atoms with Crippen LogP contribution in [0.1, 0.15) is 40.2 Å². The second-order valence-electron chi connectivity index (χ2n) is 5.61. The van der Waals surface area contributed by atoms with E-state index in [2.05, 4.69) is 39.7 Å². The van der Waals surface area contributed by atoms with Gasteiger partial charge in [-0.1, -0.05) is 12.1 Å². The summed E-state index contributed by atoms with van der Waals surface area (Å²) in [5.74, 6) is 1.94. The Morgan fingerprint density at radius 2 is 1.89 bits per heavy atom. The Morgan fingerprint density at radius 3 is 2.39 bits per heavy atom. The van der Waals surface area contributed by atoms with Crippen LogP contribution in [0.3, 0.4) is 0 Å². The van der Waals surface area contributed by atoms with Gasteiger partial charge in [0.1, 0.15) is 0 Å². The van der Waals surface area contributed by atoms with Gasteiger partial charge in [0.15, 0.2) is 0 Å². The summed E-state index contributed by atoms with van der Waals surface area (Å²) in [4.78, 5) is 0. The van der Waals surface area contributed by atoms with E-state index in [1.54, 1.807) is 0 Å². The first kappa shape index (κ1) is 13.4. The number of hydrogen-bond acceptors (Lipinski definition) is 3. The fourth-order valence-corrected chi connectivity index (χ4v) is 1.80. The zero-order valence-corrected chi connectivity index (χ0v) is 11.8. The predicted molar refractivity (Wildman–Crippen MR) is 73.0 cm³/mol. The van der Waals surface area contributed by atoms with Crippen LogP contribution in [-0.4, -0.2) is 28.1 Å². The summed E-state index contributed by atoms with van der Waals surface area (Å²) in [6, 6.07) is 0. The number of aromatic nitrogens is 2. The lowest BCUT2D eigenvalue weighted by Crippen LogP contribution is -2.41. The van der Waals surface area contributed by atoms with Gasteiger partial charge >= 0.3 is 7.12 Å². The summed E-state index contributed by atoms with van der Waals surface area (Å²) in [6.45, 7) is 11.1. The Kier molecular flexibility index (Phi) is 3.38. The molecule has 1 saturated heterocycles. The van der Waals surface area contributed by atoms with E-state index in [4.69, 9.17) is 9.31 Å². The van der Waals surface area contributed by atoms with E-state index < -0.39 is 0 Å². The van der Waals surface area contributed by atoms with E-state index >= 15 is 0 Å². The molecule has 2 rings (SSSR count). The summed E-state index contributed by atoms with van der Waals surface area (Å²) >= 11 is 0. The summed E-state index contributed by atoms with van der Waals surface area (Å²) in [5.41, 5.74) is 0.497. The van der Waals surface area contributed by atoms with Gasteiger partial charge in [0.2, 0.25) is 0 Å². The highest BCUT2D eigenvalue weighted by Crippen LogP contribution is 2.36. The van der Waals surface area contributed by atoms with E-state index in [9.17, 15) is 0 Å². The van der Waals surface area contributed by atoms with Gasteiger partial charge in [-0.25, -0.2) is 0 Å². The maximum Gasteiger partial charge on any atom is 0.487 e. The molecule has 2 heterocycles. The SMILES string of the molecule is CCn1cc(/C=C/B2OC(C)(C)C(C)(C)O2)cn1. The summed E-state index contributed by atoms with van der Waals surface area (Å²) < 4.78 is 13.7. The van der Waals surface area contributed by atoms with Gasteiger partial charge in [-0.3, -0.25) is 4.68 Å². The highest BCUT2D eigenvalue weighted by atomic mass is 16.7. The zero-order chi connectivity index (χ0) is 13.4.